The molecule has 1 N–H and O–H groups in total. The Kier molecular flexibility index (Phi) is 8.74. The number of ether oxygens (including phenoxy) is 4. The number of hydrogen-bond donors (Lipinski definition) is 1. The summed E-state index contributed by atoms with van der Waals surface area (Å²) in [5.41, 5.74) is 4.12. The van der Waals surface area contributed by atoms with Gasteiger partial charge < -0.3 is 23.5 Å². The van der Waals surface area contributed by atoms with E-state index in [1.54, 1.807) is 40.6 Å². The largest absolute Gasteiger partial charge is 0.493 e. The molecule has 1 aromatic heterocycles. The summed E-state index contributed by atoms with van der Waals surface area (Å²) in [6.07, 6.45) is 1.54. The van der Waals surface area contributed by atoms with Gasteiger partial charge in [0.05, 0.1) is 40.4 Å². The Morgan fingerprint density at radius 1 is 0.971 bits per heavy atom. The SMILES string of the molecule is CCn1c(SCC(=O)N/N=C/c2ccc(OC)c(OC)c2)nnc1-c1ccc(OC)c(OC)c1. The number of nitrogens with zero attached hydrogens (tertiary/aromatic N) is 4. The first-order chi connectivity index (χ1) is 16.5. The summed E-state index contributed by atoms with van der Waals surface area (Å²) in [5, 5.41) is 13.2. The Morgan fingerprint density at radius 2 is 1.62 bits per heavy atom. The van der Waals surface area contributed by atoms with Crippen molar-refractivity contribution < 1.29 is 23.7 Å². The van der Waals surface area contributed by atoms with E-state index < -0.39 is 0 Å². The number of carbonyl (C=O) groups is 1. The van der Waals surface area contributed by atoms with Crippen molar-refractivity contribution in [1.29, 1.82) is 0 Å². The molecule has 0 radical (unpaired) electrons. The van der Waals surface area contributed by atoms with Crippen molar-refractivity contribution in [3.63, 3.8) is 0 Å². The highest BCUT2D eigenvalue weighted by molar-refractivity contribution is 7.99. The van der Waals surface area contributed by atoms with Crippen LogP contribution in [-0.4, -0.2) is 61.1 Å². The van der Waals surface area contributed by atoms with Gasteiger partial charge in [0.2, 0.25) is 0 Å². The van der Waals surface area contributed by atoms with Crippen LogP contribution in [0.4, 0.5) is 0 Å². The third kappa shape index (κ3) is 5.79. The Hall–Kier alpha value is -3.73. The van der Waals surface area contributed by atoms with E-state index in [1.807, 2.05) is 35.8 Å². The minimum atomic E-state index is -0.264. The van der Waals surface area contributed by atoms with Gasteiger partial charge in [-0.3, -0.25) is 4.79 Å². The van der Waals surface area contributed by atoms with Crippen LogP contribution in [0.1, 0.15) is 12.5 Å². The molecule has 3 rings (SSSR count). The van der Waals surface area contributed by atoms with Crippen LogP contribution < -0.4 is 24.4 Å². The molecule has 10 nitrogen and oxygen atoms in total. The van der Waals surface area contributed by atoms with Crippen LogP contribution in [0, 0.1) is 0 Å². The average Bonchev–Trinajstić information content (AvgIpc) is 3.29. The fourth-order valence-electron chi connectivity index (χ4n) is 3.14. The number of amides is 1. The summed E-state index contributed by atoms with van der Waals surface area (Å²) >= 11 is 1.28. The number of nitrogens with one attached hydrogen (secondary N) is 1. The van der Waals surface area contributed by atoms with Gasteiger partial charge >= 0.3 is 0 Å². The minimum absolute atomic E-state index is 0.132. The highest BCUT2D eigenvalue weighted by Crippen LogP contribution is 2.33. The number of carbonyl (C=O) groups excluding carboxylic acids is 1. The minimum Gasteiger partial charge on any atom is -0.493 e. The molecule has 2 aromatic carbocycles. The molecule has 0 aliphatic heterocycles. The molecule has 0 fully saturated rings. The monoisotopic (exact) mass is 485 g/mol. The lowest BCUT2D eigenvalue weighted by atomic mass is 10.2. The molecule has 3 aromatic rings. The predicted octanol–water partition coefficient (Wildman–Crippen LogP) is 3.24. The van der Waals surface area contributed by atoms with Gasteiger partial charge in [-0.15, -0.1) is 10.2 Å². The van der Waals surface area contributed by atoms with Gasteiger partial charge in [-0.2, -0.15) is 5.10 Å². The van der Waals surface area contributed by atoms with Gasteiger partial charge in [-0.1, -0.05) is 11.8 Å². The van der Waals surface area contributed by atoms with E-state index >= 15 is 0 Å². The molecule has 0 unspecified atom stereocenters. The van der Waals surface area contributed by atoms with Crippen molar-refractivity contribution in [2.45, 2.75) is 18.6 Å². The van der Waals surface area contributed by atoms with Crippen LogP contribution in [0.15, 0.2) is 46.7 Å². The van der Waals surface area contributed by atoms with E-state index in [-0.39, 0.29) is 11.7 Å². The van der Waals surface area contributed by atoms with Crippen molar-refractivity contribution in [1.82, 2.24) is 20.2 Å². The van der Waals surface area contributed by atoms with Crippen molar-refractivity contribution in [3.8, 4) is 34.4 Å². The van der Waals surface area contributed by atoms with E-state index in [4.69, 9.17) is 18.9 Å². The summed E-state index contributed by atoms with van der Waals surface area (Å²) in [6.45, 7) is 2.63. The lowest BCUT2D eigenvalue weighted by Crippen LogP contribution is -2.20. The summed E-state index contributed by atoms with van der Waals surface area (Å²) < 4.78 is 23.1. The Morgan fingerprint density at radius 3 is 2.26 bits per heavy atom. The third-order valence-electron chi connectivity index (χ3n) is 4.82. The highest BCUT2D eigenvalue weighted by atomic mass is 32.2. The van der Waals surface area contributed by atoms with Crippen molar-refractivity contribution >= 4 is 23.9 Å². The van der Waals surface area contributed by atoms with Crippen LogP contribution >= 0.6 is 11.8 Å². The van der Waals surface area contributed by atoms with Gasteiger partial charge in [0, 0.05) is 12.1 Å². The second kappa shape index (κ2) is 11.9. The molecule has 0 aliphatic carbocycles. The first-order valence-corrected chi connectivity index (χ1v) is 11.3. The summed E-state index contributed by atoms with van der Waals surface area (Å²) in [5.74, 6) is 2.98. The summed E-state index contributed by atoms with van der Waals surface area (Å²) in [6, 6.07) is 10.9. The maximum absolute atomic E-state index is 12.3. The Balaban J connectivity index is 1.63. The van der Waals surface area contributed by atoms with Crippen LogP contribution in [0.2, 0.25) is 0 Å². The maximum atomic E-state index is 12.3. The quantitative estimate of drug-likeness (QED) is 0.250. The third-order valence-corrected chi connectivity index (χ3v) is 5.78. The van der Waals surface area contributed by atoms with Crippen LogP contribution in [0.3, 0.4) is 0 Å². The predicted molar refractivity (Wildman–Crippen MR) is 130 cm³/mol. The topological polar surface area (TPSA) is 109 Å². The second-order valence-electron chi connectivity index (χ2n) is 6.82. The van der Waals surface area contributed by atoms with E-state index in [9.17, 15) is 4.79 Å². The number of aromatic nitrogens is 3. The highest BCUT2D eigenvalue weighted by Gasteiger charge is 2.16. The molecule has 0 saturated carbocycles. The van der Waals surface area contributed by atoms with Gasteiger partial charge in [0.25, 0.3) is 5.91 Å². The summed E-state index contributed by atoms with van der Waals surface area (Å²) in [7, 11) is 6.30. The number of benzene rings is 2. The van der Waals surface area contributed by atoms with Gasteiger partial charge in [0.1, 0.15) is 0 Å². The van der Waals surface area contributed by atoms with Crippen LogP contribution in [0.5, 0.6) is 23.0 Å². The normalized spacial score (nSPS) is 10.9. The van der Waals surface area contributed by atoms with Crippen LogP contribution in [0.25, 0.3) is 11.4 Å². The molecule has 1 heterocycles. The Labute approximate surface area is 202 Å². The fraction of sp³-hybridized carbons (Fsp3) is 0.304. The molecule has 0 atom stereocenters. The van der Waals surface area contributed by atoms with Gasteiger partial charge in [0.15, 0.2) is 34.0 Å². The smallest absolute Gasteiger partial charge is 0.250 e. The molecular weight excluding hydrogens is 458 g/mol. The fourth-order valence-corrected chi connectivity index (χ4v) is 3.94. The molecular formula is C23H27N5O5S. The molecule has 0 bridgehead atoms. The molecule has 0 saturated heterocycles. The maximum Gasteiger partial charge on any atom is 0.250 e. The van der Waals surface area contributed by atoms with E-state index in [2.05, 4.69) is 20.7 Å². The number of rotatable bonds is 11. The molecule has 34 heavy (non-hydrogen) atoms. The first kappa shape index (κ1) is 24.9. The average molecular weight is 486 g/mol. The van der Waals surface area contributed by atoms with Crippen molar-refractivity contribution in [3.05, 3.63) is 42.0 Å². The molecule has 180 valence electrons. The lowest BCUT2D eigenvalue weighted by molar-refractivity contribution is -0.118. The molecule has 11 heteroatoms. The molecule has 0 aliphatic rings. The Bertz CT molecular complexity index is 1160. The second-order valence-corrected chi connectivity index (χ2v) is 7.76. The van der Waals surface area contributed by atoms with Crippen LogP contribution in [-0.2, 0) is 11.3 Å². The number of methoxy groups -OCH3 is 4. The number of hydrogen-bond acceptors (Lipinski definition) is 9. The number of thioether (sulfide) groups is 1. The zero-order valence-electron chi connectivity index (χ0n) is 19.7. The van der Waals surface area contributed by atoms with Crippen molar-refractivity contribution in [2.75, 3.05) is 34.2 Å². The lowest BCUT2D eigenvalue weighted by Gasteiger charge is -2.10. The van der Waals surface area contributed by atoms with Gasteiger partial charge in [-0.05, 0) is 48.9 Å². The zero-order valence-corrected chi connectivity index (χ0v) is 20.5. The van der Waals surface area contributed by atoms with Crippen molar-refractivity contribution in [2.24, 2.45) is 5.10 Å². The first-order valence-electron chi connectivity index (χ1n) is 10.4. The summed E-state index contributed by atoms with van der Waals surface area (Å²) in [4.78, 5) is 12.3. The number of hydrazone groups is 1. The van der Waals surface area contributed by atoms with E-state index in [1.165, 1.54) is 18.0 Å². The standard InChI is InChI=1S/C23H27N5O5S/c1-6-28-22(16-8-10-18(31-3)20(12-16)33-5)26-27-23(28)34-14-21(29)25-24-13-15-7-9-17(30-2)19(11-15)32-4/h7-13H,6,14H2,1-5H3,(H,25,29)/b24-13+. The van der Waals surface area contributed by atoms with Gasteiger partial charge in [-0.25, -0.2) is 5.43 Å². The molecule has 1 amide bonds. The van der Waals surface area contributed by atoms with E-state index in [0.717, 1.165) is 11.1 Å². The van der Waals surface area contributed by atoms with E-state index in [0.29, 0.717) is 40.5 Å². The molecule has 0 spiro atoms. The zero-order chi connectivity index (χ0) is 24.5.